The highest BCUT2D eigenvalue weighted by molar-refractivity contribution is 5.13. The van der Waals surface area contributed by atoms with E-state index in [0.717, 1.165) is 17.9 Å². The van der Waals surface area contributed by atoms with E-state index in [1.165, 1.54) is 45.1 Å². The molecule has 15 heavy (non-hydrogen) atoms. The molecule has 0 amide bonds. The van der Waals surface area contributed by atoms with Crippen LogP contribution in [0.25, 0.3) is 0 Å². The molecule has 0 spiro atoms. The zero-order chi connectivity index (χ0) is 10.3. The van der Waals surface area contributed by atoms with Crippen LogP contribution in [0, 0.1) is 17.3 Å². The molecule has 2 saturated carbocycles. The van der Waals surface area contributed by atoms with Gasteiger partial charge in [-0.2, -0.15) is 0 Å². The van der Waals surface area contributed by atoms with Gasteiger partial charge < -0.3 is 5.32 Å². The predicted octanol–water partition coefficient (Wildman–Crippen LogP) is 3.12. The van der Waals surface area contributed by atoms with Gasteiger partial charge in [0.15, 0.2) is 0 Å². The molecule has 0 aromatic heterocycles. The average molecular weight is 205 g/mol. The molecule has 0 aromatic carbocycles. The van der Waals surface area contributed by atoms with Crippen molar-refractivity contribution in [2.24, 2.45) is 17.3 Å². The molecule has 0 radical (unpaired) electrons. The van der Waals surface area contributed by atoms with E-state index < -0.39 is 0 Å². The highest BCUT2D eigenvalue weighted by Crippen LogP contribution is 2.46. The molecule has 1 N–H and O–H groups in total. The Hall–Kier alpha value is -0.300. The number of fused-ring (bicyclic) bond motifs is 1. The Bertz CT molecular complexity index is 259. The maximum absolute atomic E-state index is 3.83. The van der Waals surface area contributed by atoms with Crippen molar-refractivity contribution in [3.63, 3.8) is 0 Å². The van der Waals surface area contributed by atoms with Crippen LogP contribution in [0.15, 0.2) is 12.2 Å². The quantitative estimate of drug-likeness (QED) is 0.695. The van der Waals surface area contributed by atoms with Crippen molar-refractivity contribution >= 4 is 0 Å². The molecule has 1 heteroatoms. The van der Waals surface area contributed by atoms with Crippen molar-refractivity contribution in [3.05, 3.63) is 12.2 Å². The van der Waals surface area contributed by atoms with Gasteiger partial charge in [-0.05, 0) is 49.4 Å². The first-order valence-electron chi connectivity index (χ1n) is 6.73. The van der Waals surface area contributed by atoms with Gasteiger partial charge in [-0.25, -0.2) is 0 Å². The first-order chi connectivity index (χ1) is 7.33. The lowest BCUT2D eigenvalue weighted by molar-refractivity contribution is 0.0877. The minimum absolute atomic E-state index is 0.688. The Kier molecular flexibility index (Phi) is 2.39. The molecule has 0 heterocycles. The number of nitrogens with one attached hydrogen (secondary N) is 1. The van der Waals surface area contributed by atoms with E-state index in [1.54, 1.807) is 0 Å². The molecule has 1 nitrogen and oxygen atoms in total. The van der Waals surface area contributed by atoms with Crippen LogP contribution in [0.5, 0.6) is 0 Å². The number of hydrogen-bond acceptors (Lipinski definition) is 1. The normalized spacial score (nSPS) is 40.7. The number of rotatable bonds is 4. The van der Waals surface area contributed by atoms with Crippen molar-refractivity contribution in [1.29, 1.82) is 0 Å². The van der Waals surface area contributed by atoms with Crippen LogP contribution >= 0.6 is 0 Å². The third kappa shape index (κ3) is 1.56. The average Bonchev–Trinajstić information content (AvgIpc) is 2.52. The van der Waals surface area contributed by atoms with Crippen LogP contribution in [0.4, 0.5) is 0 Å². The smallest absolute Gasteiger partial charge is 0.0136 e. The predicted molar refractivity (Wildman–Crippen MR) is 63.7 cm³/mol. The maximum Gasteiger partial charge on any atom is 0.0136 e. The third-order valence-corrected chi connectivity index (χ3v) is 5.27. The van der Waals surface area contributed by atoms with Gasteiger partial charge in [0, 0.05) is 12.6 Å². The van der Waals surface area contributed by atoms with Gasteiger partial charge >= 0.3 is 0 Å². The Morgan fingerprint density at radius 1 is 1.40 bits per heavy atom. The van der Waals surface area contributed by atoms with Crippen molar-refractivity contribution < 1.29 is 0 Å². The first-order valence-corrected chi connectivity index (χ1v) is 6.73. The molecule has 0 bridgehead atoms. The largest absolute Gasteiger partial charge is 0.313 e. The molecule has 3 aliphatic carbocycles. The summed E-state index contributed by atoms with van der Waals surface area (Å²) in [6.45, 7) is 3.64. The van der Waals surface area contributed by atoms with Crippen molar-refractivity contribution in [2.75, 3.05) is 6.54 Å². The highest BCUT2D eigenvalue weighted by Gasteiger charge is 2.42. The van der Waals surface area contributed by atoms with Crippen LogP contribution in [-0.2, 0) is 0 Å². The van der Waals surface area contributed by atoms with Crippen molar-refractivity contribution in [2.45, 2.75) is 51.5 Å². The summed E-state index contributed by atoms with van der Waals surface area (Å²) in [6, 6.07) is 0.817. The summed E-state index contributed by atoms with van der Waals surface area (Å²) in [6.07, 6.45) is 13.4. The first kappa shape index (κ1) is 9.89. The fraction of sp³-hybridized carbons (Fsp3) is 0.857. The van der Waals surface area contributed by atoms with Gasteiger partial charge in [0.25, 0.3) is 0 Å². The monoisotopic (exact) mass is 205 g/mol. The van der Waals surface area contributed by atoms with E-state index in [-0.39, 0.29) is 0 Å². The van der Waals surface area contributed by atoms with Crippen LogP contribution in [0.1, 0.15) is 45.4 Å². The molecule has 3 unspecified atom stereocenters. The Labute approximate surface area is 93.3 Å². The van der Waals surface area contributed by atoms with E-state index in [0.29, 0.717) is 5.41 Å². The molecule has 3 rings (SSSR count). The maximum atomic E-state index is 3.83. The summed E-state index contributed by atoms with van der Waals surface area (Å²) in [5.74, 6) is 1.89. The number of hydrogen-bond donors (Lipinski definition) is 1. The van der Waals surface area contributed by atoms with E-state index in [2.05, 4.69) is 24.4 Å². The lowest BCUT2D eigenvalue weighted by Crippen LogP contribution is -2.52. The number of allylic oxidation sites excluding steroid dienone is 1. The van der Waals surface area contributed by atoms with E-state index in [9.17, 15) is 0 Å². The lowest BCUT2D eigenvalue weighted by Gasteiger charge is -2.46. The molecular weight excluding hydrogens is 182 g/mol. The topological polar surface area (TPSA) is 12.0 Å². The minimum atomic E-state index is 0.688. The third-order valence-electron chi connectivity index (χ3n) is 5.27. The van der Waals surface area contributed by atoms with Crippen LogP contribution in [-0.4, -0.2) is 12.6 Å². The highest BCUT2D eigenvalue weighted by atomic mass is 15.0. The molecule has 2 fully saturated rings. The van der Waals surface area contributed by atoms with Gasteiger partial charge in [0.05, 0.1) is 0 Å². The second-order valence-corrected chi connectivity index (χ2v) is 5.93. The molecule has 0 aliphatic heterocycles. The fourth-order valence-corrected chi connectivity index (χ4v) is 3.63. The summed E-state index contributed by atoms with van der Waals surface area (Å²) in [4.78, 5) is 0. The van der Waals surface area contributed by atoms with Crippen LogP contribution in [0.3, 0.4) is 0 Å². The van der Waals surface area contributed by atoms with Crippen LogP contribution < -0.4 is 5.32 Å². The summed E-state index contributed by atoms with van der Waals surface area (Å²) in [5.41, 5.74) is 0.688. The zero-order valence-corrected chi connectivity index (χ0v) is 9.84. The fourth-order valence-electron chi connectivity index (χ4n) is 3.63. The van der Waals surface area contributed by atoms with Gasteiger partial charge in [0.2, 0.25) is 0 Å². The van der Waals surface area contributed by atoms with Crippen LogP contribution in [0.2, 0.25) is 0 Å². The molecule has 0 aromatic rings. The Balaban J connectivity index is 1.48. The molecule has 3 aliphatic rings. The lowest BCUT2D eigenvalue weighted by atomic mass is 9.66. The van der Waals surface area contributed by atoms with E-state index in [1.807, 2.05) is 0 Å². The Morgan fingerprint density at radius 2 is 2.27 bits per heavy atom. The second-order valence-electron chi connectivity index (χ2n) is 5.93. The minimum Gasteiger partial charge on any atom is -0.313 e. The van der Waals surface area contributed by atoms with Gasteiger partial charge in [0.1, 0.15) is 0 Å². The summed E-state index contributed by atoms with van der Waals surface area (Å²) < 4.78 is 0. The standard InChI is InChI=1S/C14H23N/c1-2-14(7-4-8-14)10-15-13-9-11-5-3-6-12(11)13/h3,6,11-13,15H,2,4-5,7-10H2,1H3. The van der Waals surface area contributed by atoms with Gasteiger partial charge in [-0.1, -0.05) is 25.5 Å². The zero-order valence-electron chi connectivity index (χ0n) is 9.84. The van der Waals surface area contributed by atoms with E-state index >= 15 is 0 Å². The second kappa shape index (κ2) is 3.62. The molecule has 3 atom stereocenters. The molecule has 0 saturated heterocycles. The molecular formula is C14H23N. The van der Waals surface area contributed by atoms with Crippen molar-refractivity contribution in [1.82, 2.24) is 5.32 Å². The van der Waals surface area contributed by atoms with E-state index in [4.69, 9.17) is 0 Å². The molecule has 84 valence electrons. The summed E-state index contributed by atoms with van der Waals surface area (Å²) in [7, 11) is 0. The van der Waals surface area contributed by atoms with Gasteiger partial charge in [-0.3, -0.25) is 0 Å². The summed E-state index contributed by atoms with van der Waals surface area (Å²) in [5, 5.41) is 3.83. The summed E-state index contributed by atoms with van der Waals surface area (Å²) >= 11 is 0. The Morgan fingerprint density at radius 3 is 2.87 bits per heavy atom. The van der Waals surface area contributed by atoms with Gasteiger partial charge in [-0.15, -0.1) is 0 Å². The van der Waals surface area contributed by atoms with Crippen molar-refractivity contribution in [3.8, 4) is 0 Å². The SMILES string of the molecule is CCC1(CNC2CC3CC=CC32)CCC1.